The molecule has 0 aromatic carbocycles. The van der Waals surface area contributed by atoms with E-state index in [9.17, 15) is 4.79 Å². The Labute approximate surface area is 84.6 Å². The fourth-order valence-electron chi connectivity index (χ4n) is 1.05. The van der Waals surface area contributed by atoms with Crippen LogP contribution < -0.4 is 5.56 Å². The lowest BCUT2D eigenvalue weighted by atomic mass is 10.3. The molecule has 2 aromatic rings. The SMILES string of the molecule is O=c1ccnc(-c2ncccc2Cl)[nH]1. The zero-order valence-corrected chi connectivity index (χ0v) is 7.82. The Bertz CT molecular complexity index is 509. The minimum Gasteiger partial charge on any atom is -0.305 e. The Morgan fingerprint density at radius 2 is 2.07 bits per heavy atom. The van der Waals surface area contributed by atoms with E-state index in [0.29, 0.717) is 16.5 Å². The summed E-state index contributed by atoms with van der Waals surface area (Å²) in [5.41, 5.74) is 0.253. The lowest BCUT2D eigenvalue weighted by Crippen LogP contribution is -2.06. The van der Waals surface area contributed by atoms with Gasteiger partial charge in [0, 0.05) is 18.5 Å². The van der Waals surface area contributed by atoms with Crippen molar-refractivity contribution in [2.75, 3.05) is 0 Å². The topological polar surface area (TPSA) is 58.6 Å². The third-order valence-corrected chi connectivity index (χ3v) is 1.96. The molecule has 2 rings (SSSR count). The van der Waals surface area contributed by atoms with Gasteiger partial charge >= 0.3 is 0 Å². The third-order valence-electron chi connectivity index (χ3n) is 1.65. The molecule has 0 aliphatic heterocycles. The Kier molecular flexibility index (Phi) is 2.28. The van der Waals surface area contributed by atoms with Gasteiger partial charge in [0.1, 0.15) is 5.69 Å². The highest BCUT2D eigenvalue weighted by atomic mass is 35.5. The summed E-state index contributed by atoms with van der Waals surface area (Å²) in [4.78, 5) is 21.6. The minimum atomic E-state index is -0.225. The van der Waals surface area contributed by atoms with Crippen LogP contribution >= 0.6 is 11.6 Å². The van der Waals surface area contributed by atoms with E-state index in [4.69, 9.17) is 11.6 Å². The van der Waals surface area contributed by atoms with Crippen molar-refractivity contribution in [3.05, 3.63) is 46.0 Å². The number of aromatic nitrogens is 3. The number of aromatic amines is 1. The van der Waals surface area contributed by atoms with E-state index < -0.39 is 0 Å². The van der Waals surface area contributed by atoms with Crippen molar-refractivity contribution >= 4 is 11.6 Å². The van der Waals surface area contributed by atoms with E-state index in [2.05, 4.69) is 15.0 Å². The van der Waals surface area contributed by atoms with Crippen molar-refractivity contribution in [2.45, 2.75) is 0 Å². The Morgan fingerprint density at radius 1 is 1.21 bits per heavy atom. The van der Waals surface area contributed by atoms with Crippen LogP contribution in [0.1, 0.15) is 0 Å². The van der Waals surface area contributed by atoms with Gasteiger partial charge in [-0.2, -0.15) is 0 Å². The minimum absolute atomic E-state index is 0.225. The smallest absolute Gasteiger partial charge is 0.251 e. The summed E-state index contributed by atoms with van der Waals surface area (Å²) in [6.45, 7) is 0. The highest BCUT2D eigenvalue weighted by Gasteiger charge is 2.05. The molecule has 0 atom stereocenters. The second kappa shape index (κ2) is 3.59. The zero-order chi connectivity index (χ0) is 9.97. The highest BCUT2D eigenvalue weighted by Crippen LogP contribution is 2.20. The summed E-state index contributed by atoms with van der Waals surface area (Å²) >= 11 is 5.89. The Balaban J connectivity index is 2.61. The van der Waals surface area contributed by atoms with Crippen LogP contribution in [0.2, 0.25) is 5.02 Å². The summed E-state index contributed by atoms with van der Waals surface area (Å²) in [7, 11) is 0. The molecule has 0 bridgehead atoms. The van der Waals surface area contributed by atoms with Crippen molar-refractivity contribution in [1.29, 1.82) is 0 Å². The second-order valence-electron chi connectivity index (χ2n) is 2.62. The van der Waals surface area contributed by atoms with Crippen LogP contribution in [-0.4, -0.2) is 15.0 Å². The number of pyridine rings is 1. The van der Waals surface area contributed by atoms with Crippen LogP contribution in [0.15, 0.2) is 35.4 Å². The van der Waals surface area contributed by atoms with Crippen molar-refractivity contribution in [1.82, 2.24) is 15.0 Å². The molecule has 0 amide bonds. The van der Waals surface area contributed by atoms with Gasteiger partial charge in [-0.05, 0) is 12.1 Å². The van der Waals surface area contributed by atoms with Gasteiger partial charge in [0.15, 0.2) is 5.82 Å². The molecule has 0 unspecified atom stereocenters. The van der Waals surface area contributed by atoms with Crippen LogP contribution in [0.3, 0.4) is 0 Å². The number of nitrogens with one attached hydrogen (secondary N) is 1. The van der Waals surface area contributed by atoms with Gasteiger partial charge in [-0.1, -0.05) is 11.6 Å². The number of rotatable bonds is 1. The molecule has 4 nitrogen and oxygen atoms in total. The number of hydrogen-bond donors (Lipinski definition) is 1. The first-order valence-electron chi connectivity index (χ1n) is 3.93. The highest BCUT2D eigenvalue weighted by molar-refractivity contribution is 6.32. The molecule has 14 heavy (non-hydrogen) atoms. The molecule has 0 saturated carbocycles. The van der Waals surface area contributed by atoms with Crippen molar-refractivity contribution in [3.63, 3.8) is 0 Å². The first-order valence-corrected chi connectivity index (χ1v) is 4.31. The first kappa shape index (κ1) is 8.90. The maximum atomic E-state index is 11.0. The summed E-state index contributed by atoms with van der Waals surface area (Å²) in [5, 5.41) is 0.460. The summed E-state index contributed by atoms with van der Waals surface area (Å²) in [6, 6.07) is 4.74. The van der Waals surface area contributed by atoms with Gasteiger partial charge in [-0.25, -0.2) is 4.98 Å². The van der Waals surface area contributed by atoms with Crippen molar-refractivity contribution in [3.8, 4) is 11.5 Å². The van der Waals surface area contributed by atoms with E-state index in [1.165, 1.54) is 12.3 Å². The van der Waals surface area contributed by atoms with E-state index in [1.807, 2.05) is 0 Å². The summed E-state index contributed by atoms with van der Waals surface area (Å²) in [6.07, 6.45) is 3.01. The van der Waals surface area contributed by atoms with E-state index >= 15 is 0 Å². The molecule has 0 fully saturated rings. The average molecular weight is 208 g/mol. The Hall–Kier alpha value is -1.68. The average Bonchev–Trinajstić information content (AvgIpc) is 2.18. The lowest BCUT2D eigenvalue weighted by molar-refractivity contribution is 1.10. The van der Waals surface area contributed by atoms with Gasteiger partial charge < -0.3 is 4.98 Å². The molecule has 1 N–H and O–H groups in total. The molecule has 0 radical (unpaired) electrons. The number of halogens is 1. The largest absolute Gasteiger partial charge is 0.305 e. The molecule has 2 aromatic heterocycles. The molecule has 2 heterocycles. The van der Waals surface area contributed by atoms with Gasteiger partial charge in [0.05, 0.1) is 5.02 Å². The molecule has 70 valence electrons. The molecular formula is C9H6ClN3O. The van der Waals surface area contributed by atoms with Gasteiger partial charge in [-0.15, -0.1) is 0 Å². The van der Waals surface area contributed by atoms with Crippen LogP contribution in [0.5, 0.6) is 0 Å². The maximum absolute atomic E-state index is 11.0. The van der Waals surface area contributed by atoms with Crippen LogP contribution in [-0.2, 0) is 0 Å². The lowest BCUT2D eigenvalue weighted by Gasteiger charge is -2.00. The number of H-pyrrole nitrogens is 1. The Morgan fingerprint density at radius 3 is 2.79 bits per heavy atom. The molecular weight excluding hydrogens is 202 g/mol. The molecule has 0 aliphatic rings. The molecule has 5 heteroatoms. The predicted molar refractivity (Wildman–Crippen MR) is 53.1 cm³/mol. The summed E-state index contributed by atoms with van der Waals surface area (Å²) < 4.78 is 0. The normalized spacial score (nSPS) is 10.1. The third kappa shape index (κ3) is 1.65. The maximum Gasteiger partial charge on any atom is 0.251 e. The molecule has 0 saturated heterocycles. The van der Waals surface area contributed by atoms with Crippen molar-refractivity contribution < 1.29 is 0 Å². The van der Waals surface area contributed by atoms with E-state index in [-0.39, 0.29) is 5.56 Å². The van der Waals surface area contributed by atoms with Gasteiger partial charge in [0.2, 0.25) is 0 Å². The standard InChI is InChI=1S/C9H6ClN3O/c10-6-2-1-4-11-8(6)9-12-5-3-7(14)13-9/h1-5H,(H,12,13,14). The quantitative estimate of drug-likeness (QED) is 0.771. The van der Waals surface area contributed by atoms with Gasteiger partial charge in [0.25, 0.3) is 5.56 Å². The van der Waals surface area contributed by atoms with Crippen molar-refractivity contribution in [2.24, 2.45) is 0 Å². The van der Waals surface area contributed by atoms with Gasteiger partial charge in [-0.3, -0.25) is 9.78 Å². The predicted octanol–water partition coefficient (Wildman–Crippen LogP) is 1.49. The molecule has 0 spiro atoms. The monoisotopic (exact) mass is 207 g/mol. The van der Waals surface area contributed by atoms with Crippen LogP contribution in [0, 0.1) is 0 Å². The van der Waals surface area contributed by atoms with Crippen LogP contribution in [0.4, 0.5) is 0 Å². The molecule has 0 aliphatic carbocycles. The second-order valence-corrected chi connectivity index (χ2v) is 3.02. The van der Waals surface area contributed by atoms with Crippen LogP contribution in [0.25, 0.3) is 11.5 Å². The fraction of sp³-hybridized carbons (Fsp3) is 0. The number of hydrogen-bond acceptors (Lipinski definition) is 3. The first-order chi connectivity index (χ1) is 6.77. The number of nitrogens with zero attached hydrogens (tertiary/aromatic N) is 2. The zero-order valence-electron chi connectivity index (χ0n) is 7.07. The van der Waals surface area contributed by atoms with E-state index in [1.54, 1.807) is 18.3 Å². The van der Waals surface area contributed by atoms with E-state index in [0.717, 1.165) is 0 Å². The summed E-state index contributed by atoms with van der Waals surface area (Å²) in [5.74, 6) is 0.378. The fourth-order valence-corrected chi connectivity index (χ4v) is 1.26.